The Morgan fingerprint density at radius 1 is 1.32 bits per heavy atom. The molecule has 0 aliphatic carbocycles. The molecule has 25 heavy (non-hydrogen) atoms. The zero-order valence-electron chi connectivity index (χ0n) is 15.5. The molecule has 1 aliphatic rings. The molecule has 134 valence electrons. The van der Waals surface area contributed by atoms with E-state index >= 15 is 0 Å². The van der Waals surface area contributed by atoms with Crippen molar-refractivity contribution >= 4 is 23.0 Å². The lowest BCUT2D eigenvalue weighted by molar-refractivity contribution is 0.656. The van der Waals surface area contributed by atoms with Gasteiger partial charge in [0.25, 0.3) is 0 Å². The fourth-order valence-corrected chi connectivity index (χ4v) is 4.13. The molecule has 2 aromatic rings. The van der Waals surface area contributed by atoms with E-state index in [9.17, 15) is 0 Å². The first-order valence-electron chi connectivity index (χ1n) is 8.80. The van der Waals surface area contributed by atoms with Gasteiger partial charge in [-0.05, 0) is 38.8 Å². The maximum absolute atomic E-state index is 4.56. The SMILES string of the molecule is CN=C(NCCN1c2ccccc2CC1C)NCc1nc(C)c(C)s1. The average molecular weight is 358 g/mol. The molecule has 5 nitrogen and oxygen atoms in total. The minimum Gasteiger partial charge on any atom is -0.367 e. The first-order valence-corrected chi connectivity index (χ1v) is 9.62. The predicted molar refractivity (Wildman–Crippen MR) is 107 cm³/mol. The molecule has 0 spiro atoms. The Kier molecular flexibility index (Phi) is 5.58. The Balaban J connectivity index is 1.49. The van der Waals surface area contributed by atoms with E-state index in [0.717, 1.165) is 36.2 Å². The van der Waals surface area contributed by atoms with E-state index < -0.39 is 0 Å². The highest BCUT2D eigenvalue weighted by Crippen LogP contribution is 2.31. The molecule has 0 bridgehead atoms. The van der Waals surface area contributed by atoms with Crippen LogP contribution in [0.4, 0.5) is 5.69 Å². The number of fused-ring (bicyclic) bond motifs is 1. The van der Waals surface area contributed by atoms with Gasteiger partial charge in [0.2, 0.25) is 0 Å². The van der Waals surface area contributed by atoms with E-state index in [2.05, 4.69) is 70.5 Å². The monoisotopic (exact) mass is 357 g/mol. The predicted octanol–water partition coefficient (Wildman–Crippen LogP) is 2.88. The summed E-state index contributed by atoms with van der Waals surface area (Å²) in [5.41, 5.74) is 3.94. The van der Waals surface area contributed by atoms with Crippen LogP contribution < -0.4 is 15.5 Å². The summed E-state index contributed by atoms with van der Waals surface area (Å²) < 4.78 is 0. The number of aryl methyl sites for hydroxylation is 2. The number of nitrogens with one attached hydrogen (secondary N) is 2. The lowest BCUT2D eigenvalue weighted by atomic mass is 10.1. The largest absolute Gasteiger partial charge is 0.367 e. The number of anilines is 1. The third-order valence-electron chi connectivity index (χ3n) is 4.70. The van der Waals surface area contributed by atoms with Gasteiger partial charge < -0.3 is 15.5 Å². The van der Waals surface area contributed by atoms with Crippen LogP contribution in [-0.2, 0) is 13.0 Å². The van der Waals surface area contributed by atoms with Crippen molar-refractivity contribution in [1.82, 2.24) is 15.6 Å². The average Bonchev–Trinajstić information content (AvgIpc) is 3.09. The third-order valence-corrected chi connectivity index (χ3v) is 5.77. The molecule has 2 heterocycles. The molecule has 1 aromatic carbocycles. The lowest BCUT2D eigenvalue weighted by Crippen LogP contribution is -2.42. The van der Waals surface area contributed by atoms with Crippen LogP contribution in [-0.4, -0.2) is 37.1 Å². The van der Waals surface area contributed by atoms with Gasteiger partial charge in [0.1, 0.15) is 5.01 Å². The van der Waals surface area contributed by atoms with Crippen LogP contribution in [0.1, 0.15) is 28.1 Å². The van der Waals surface area contributed by atoms with Crippen molar-refractivity contribution in [3.63, 3.8) is 0 Å². The van der Waals surface area contributed by atoms with Crippen molar-refractivity contribution < 1.29 is 0 Å². The van der Waals surface area contributed by atoms with Gasteiger partial charge in [0.05, 0.1) is 12.2 Å². The van der Waals surface area contributed by atoms with Crippen LogP contribution in [0.3, 0.4) is 0 Å². The number of hydrogen-bond acceptors (Lipinski definition) is 4. The molecule has 0 radical (unpaired) electrons. The summed E-state index contributed by atoms with van der Waals surface area (Å²) in [6.45, 7) is 8.99. The van der Waals surface area contributed by atoms with E-state index in [0.29, 0.717) is 12.6 Å². The van der Waals surface area contributed by atoms with Gasteiger partial charge >= 0.3 is 0 Å². The summed E-state index contributed by atoms with van der Waals surface area (Å²) in [6.07, 6.45) is 1.13. The Morgan fingerprint density at radius 2 is 2.12 bits per heavy atom. The molecule has 1 atom stereocenters. The molecule has 0 saturated carbocycles. The minimum absolute atomic E-state index is 0.551. The fraction of sp³-hybridized carbons (Fsp3) is 0.474. The van der Waals surface area contributed by atoms with Crippen molar-refractivity contribution in [2.75, 3.05) is 25.0 Å². The quantitative estimate of drug-likeness (QED) is 0.638. The zero-order valence-corrected chi connectivity index (χ0v) is 16.3. The molecule has 2 N–H and O–H groups in total. The Bertz CT molecular complexity index is 733. The number of hydrogen-bond donors (Lipinski definition) is 2. The van der Waals surface area contributed by atoms with Crippen LogP contribution in [0, 0.1) is 13.8 Å². The van der Waals surface area contributed by atoms with Gasteiger partial charge in [0, 0.05) is 36.7 Å². The van der Waals surface area contributed by atoms with Crippen LogP contribution in [0.5, 0.6) is 0 Å². The van der Waals surface area contributed by atoms with Crippen LogP contribution in [0.25, 0.3) is 0 Å². The summed E-state index contributed by atoms with van der Waals surface area (Å²) in [7, 11) is 1.81. The van der Waals surface area contributed by atoms with Crippen molar-refractivity contribution in [1.29, 1.82) is 0 Å². The molecule has 0 fully saturated rings. The molecular formula is C19H27N5S. The van der Waals surface area contributed by atoms with E-state index in [4.69, 9.17) is 0 Å². The number of nitrogens with zero attached hydrogens (tertiary/aromatic N) is 3. The van der Waals surface area contributed by atoms with Crippen molar-refractivity contribution in [2.45, 2.75) is 39.8 Å². The van der Waals surface area contributed by atoms with E-state index in [1.807, 2.05) is 7.05 Å². The number of rotatable bonds is 5. The van der Waals surface area contributed by atoms with Crippen LogP contribution in [0.15, 0.2) is 29.3 Å². The Morgan fingerprint density at radius 3 is 2.84 bits per heavy atom. The number of aromatic nitrogens is 1. The highest BCUT2D eigenvalue weighted by molar-refractivity contribution is 7.11. The molecule has 3 rings (SSSR count). The number of thiazole rings is 1. The molecule has 6 heteroatoms. The van der Waals surface area contributed by atoms with Gasteiger partial charge in [-0.25, -0.2) is 4.98 Å². The molecule has 1 unspecified atom stereocenters. The number of benzene rings is 1. The Labute approximate surface area is 154 Å². The topological polar surface area (TPSA) is 52.6 Å². The smallest absolute Gasteiger partial charge is 0.191 e. The first-order chi connectivity index (χ1) is 12.1. The van der Waals surface area contributed by atoms with Gasteiger partial charge in [0.15, 0.2) is 5.96 Å². The summed E-state index contributed by atoms with van der Waals surface area (Å²) in [6, 6.07) is 9.25. The van der Waals surface area contributed by atoms with Gasteiger partial charge in [-0.1, -0.05) is 18.2 Å². The van der Waals surface area contributed by atoms with Gasteiger partial charge in [-0.3, -0.25) is 4.99 Å². The van der Waals surface area contributed by atoms with Gasteiger partial charge in [-0.2, -0.15) is 0 Å². The van der Waals surface area contributed by atoms with Crippen LogP contribution in [0.2, 0.25) is 0 Å². The van der Waals surface area contributed by atoms with Gasteiger partial charge in [-0.15, -0.1) is 11.3 Å². The highest BCUT2D eigenvalue weighted by Gasteiger charge is 2.24. The maximum atomic E-state index is 4.56. The van der Waals surface area contributed by atoms with E-state index in [-0.39, 0.29) is 0 Å². The Hall–Kier alpha value is -2.08. The molecule has 1 aromatic heterocycles. The molecule has 0 amide bonds. The lowest BCUT2D eigenvalue weighted by Gasteiger charge is -2.25. The van der Waals surface area contributed by atoms with E-state index in [1.54, 1.807) is 11.3 Å². The summed E-state index contributed by atoms with van der Waals surface area (Å²) in [5.74, 6) is 0.825. The normalized spacial score (nSPS) is 16.9. The van der Waals surface area contributed by atoms with E-state index in [1.165, 1.54) is 16.1 Å². The summed E-state index contributed by atoms with van der Waals surface area (Å²) in [4.78, 5) is 12.6. The highest BCUT2D eigenvalue weighted by atomic mass is 32.1. The minimum atomic E-state index is 0.551. The van der Waals surface area contributed by atoms with Crippen molar-refractivity contribution in [3.8, 4) is 0 Å². The summed E-state index contributed by atoms with van der Waals surface area (Å²) in [5, 5.41) is 7.86. The molecule has 1 aliphatic heterocycles. The molecular weight excluding hydrogens is 330 g/mol. The van der Waals surface area contributed by atoms with Crippen LogP contribution >= 0.6 is 11.3 Å². The first kappa shape index (κ1) is 17.7. The second-order valence-electron chi connectivity index (χ2n) is 6.48. The number of aliphatic imine (C=N–C) groups is 1. The van der Waals surface area contributed by atoms with Crippen molar-refractivity contribution in [3.05, 3.63) is 45.4 Å². The molecule has 0 saturated heterocycles. The standard InChI is InChI=1S/C19H27N5S/c1-13-11-16-7-5-6-8-17(16)24(13)10-9-21-19(20-4)22-12-18-23-14(2)15(3)25-18/h5-8,13H,9-12H2,1-4H3,(H2,20,21,22). The maximum Gasteiger partial charge on any atom is 0.191 e. The number of guanidine groups is 1. The second-order valence-corrected chi connectivity index (χ2v) is 7.76. The van der Waals surface area contributed by atoms with Crippen molar-refractivity contribution in [2.24, 2.45) is 4.99 Å². The summed E-state index contributed by atoms with van der Waals surface area (Å²) >= 11 is 1.74. The fourth-order valence-electron chi connectivity index (χ4n) is 3.26. The second kappa shape index (κ2) is 7.87. The third kappa shape index (κ3) is 4.12. The number of para-hydroxylation sites is 1. The zero-order chi connectivity index (χ0) is 17.8.